The number of carbonyl (C=O) groups excluding carboxylic acids is 3. The lowest BCUT2D eigenvalue weighted by Gasteiger charge is -2.28. The maximum atomic E-state index is 12.7. The molecule has 2 N–H and O–H groups in total. The maximum Gasteiger partial charge on any atom is 0.253 e. The molecule has 3 aromatic rings. The van der Waals surface area contributed by atoms with Crippen molar-refractivity contribution < 1.29 is 18.8 Å². The molecule has 1 aromatic heterocycles. The first-order valence-corrected chi connectivity index (χ1v) is 10.3. The molecule has 0 bridgehead atoms. The van der Waals surface area contributed by atoms with E-state index in [2.05, 4.69) is 10.6 Å². The third-order valence-electron chi connectivity index (χ3n) is 4.56. The van der Waals surface area contributed by atoms with Gasteiger partial charge in [0, 0.05) is 4.90 Å². The van der Waals surface area contributed by atoms with E-state index >= 15 is 0 Å². The molecule has 152 valence electrons. The van der Waals surface area contributed by atoms with Crippen LogP contribution in [-0.2, 0) is 16.1 Å². The molecule has 30 heavy (non-hydrogen) atoms. The Balaban J connectivity index is 1.45. The summed E-state index contributed by atoms with van der Waals surface area (Å²) >= 11 is 1.46. The Kier molecular flexibility index (Phi) is 5.85. The van der Waals surface area contributed by atoms with Crippen molar-refractivity contribution in [2.24, 2.45) is 0 Å². The highest BCUT2D eigenvalue weighted by Gasteiger charge is 2.26. The molecular weight excluding hydrogens is 402 g/mol. The van der Waals surface area contributed by atoms with Gasteiger partial charge in [-0.05, 0) is 36.4 Å². The minimum Gasteiger partial charge on any atom is -0.467 e. The minimum atomic E-state index is -0.378. The molecule has 2 heterocycles. The zero-order valence-corrected chi connectivity index (χ0v) is 16.8. The number of nitrogens with zero attached hydrogens (tertiary/aromatic N) is 1. The average molecular weight is 421 g/mol. The van der Waals surface area contributed by atoms with Crippen LogP contribution in [0.3, 0.4) is 0 Å². The molecule has 0 saturated heterocycles. The topological polar surface area (TPSA) is 91.7 Å². The number of hydrogen-bond acceptors (Lipinski definition) is 5. The first-order chi connectivity index (χ1) is 14.6. The van der Waals surface area contributed by atoms with Gasteiger partial charge in [0.05, 0.1) is 35.5 Å². The van der Waals surface area contributed by atoms with Gasteiger partial charge in [-0.25, -0.2) is 0 Å². The average Bonchev–Trinajstić information content (AvgIpc) is 3.28. The van der Waals surface area contributed by atoms with Gasteiger partial charge in [0.25, 0.3) is 5.91 Å². The van der Waals surface area contributed by atoms with Gasteiger partial charge < -0.3 is 20.0 Å². The molecule has 0 spiro atoms. The number of hydrogen-bond donors (Lipinski definition) is 2. The highest BCUT2D eigenvalue weighted by Crippen LogP contribution is 2.34. The zero-order valence-electron chi connectivity index (χ0n) is 16.0. The number of anilines is 2. The van der Waals surface area contributed by atoms with Crippen molar-refractivity contribution in [1.82, 2.24) is 5.32 Å². The number of carbonyl (C=O) groups is 3. The lowest BCUT2D eigenvalue weighted by Crippen LogP contribution is -2.41. The number of amides is 3. The van der Waals surface area contributed by atoms with E-state index in [1.54, 1.807) is 36.4 Å². The van der Waals surface area contributed by atoms with Crippen LogP contribution in [0.5, 0.6) is 0 Å². The summed E-state index contributed by atoms with van der Waals surface area (Å²) in [5, 5.41) is 5.52. The van der Waals surface area contributed by atoms with Crippen molar-refractivity contribution in [3.05, 3.63) is 78.3 Å². The second kappa shape index (κ2) is 8.87. The molecular formula is C22H19N3O4S. The summed E-state index contributed by atoms with van der Waals surface area (Å²) in [6.07, 6.45) is 1.54. The highest BCUT2D eigenvalue weighted by atomic mass is 32.2. The van der Waals surface area contributed by atoms with Gasteiger partial charge in [-0.3, -0.25) is 14.4 Å². The third-order valence-corrected chi connectivity index (χ3v) is 5.61. The van der Waals surface area contributed by atoms with Crippen molar-refractivity contribution >= 4 is 40.9 Å². The molecule has 0 unspecified atom stereocenters. The molecule has 8 heteroatoms. The number of para-hydroxylation sites is 2. The van der Waals surface area contributed by atoms with Crippen molar-refractivity contribution in [2.75, 3.05) is 22.5 Å². The van der Waals surface area contributed by atoms with Crippen LogP contribution in [-0.4, -0.2) is 30.0 Å². The second-order valence-electron chi connectivity index (χ2n) is 6.59. The molecule has 0 radical (unpaired) electrons. The summed E-state index contributed by atoms with van der Waals surface area (Å²) in [5.74, 6) is 0.0774. The van der Waals surface area contributed by atoms with E-state index in [4.69, 9.17) is 4.42 Å². The van der Waals surface area contributed by atoms with E-state index in [9.17, 15) is 14.4 Å². The Morgan fingerprint density at radius 1 is 1.03 bits per heavy atom. The molecule has 1 aliphatic heterocycles. The normalized spacial score (nSPS) is 12.9. The van der Waals surface area contributed by atoms with Gasteiger partial charge in [0.2, 0.25) is 11.8 Å². The highest BCUT2D eigenvalue weighted by molar-refractivity contribution is 8.00. The van der Waals surface area contributed by atoms with Crippen LogP contribution in [0.15, 0.2) is 76.2 Å². The lowest BCUT2D eigenvalue weighted by molar-refractivity contribution is -0.120. The van der Waals surface area contributed by atoms with Crippen molar-refractivity contribution in [3.63, 3.8) is 0 Å². The Morgan fingerprint density at radius 3 is 2.67 bits per heavy atom. The molecule has 3 amide bonds. The first kappa shape index (κ1) is 19.8. The van der Waals surface area contributed by atoms with E-state index in [1.165, 1.54) is 22.9 Å². The van der Waals surface area contributed by atoms with Crippen LogP contribution < -0.4 is 15.5 Å². The summed E-state index contributed by atoms with van der Waals surface area (Å²) in [5.41, 5.74) is 1.43. The molecule has 2 aromatic carbocycles. The SMILES string of the molecule is O=C(CN1C(=O)CSc2ccccc21)Nc1ccccc1C(=O)NCc1ccco1. The molecule has 4 rings (SSSR count). The smallest absolute Gasteiger partial charge is 0.253 e. The monoisotopic (exact) mass is 421 g/mol. The second-order valence-corrected chi connectivity index (χ2v) is 7.61. The molecule has 0 saturated carbocycles. The first-order valence-electron chi connectivity index (χ1n) is 9.33. The summed E-state index contributed by atoms with van der Waals surface area (Å²) in [7, 11) is 0. The summed E-state index contributed by atoms with van der Waals surface area (Å²) in [6.45, 7) is 0.115. The molecule has 0 atom stereocenters. The number of furan rings is 1. The van der Waals surface area contributed by atoms with Gasteiger partial charge in [-0.15, -0.1) is 11.8 Å². The molecule has 1 aliphatic rings. The van der Waals surface area contributed by atoms with Crippen LogP contribution in [0.25, 0.3) is 0 Å². The third kappa shape index (κ3) is 4.38. The minimum absolute atomic E-state index is 0.126. The van der Waals surface area contributed by atoms with Crippen LogP contribution in [0.2, 0.25) is 0 Å². The fourth-order valence-electron chi connectivity index (χ4n) is 3.13. The van der Waals surface area contributed by atoms with Crippen LogP contribution in [0, 0.1) is 0 Å². The Labute approximate surface area is 177 Å². The largest absolute Gasteiger partial charge is 0.467 e. The fraction of sp³-hybridized carbons (Fsp3) is 0.136. The van der Waals surface area contributed by atoms with E-state index in [1.807, 2.05) is 24.3 Å². The van der Waals surface area contributed by atoms with Crippen LogP contribution in [0.1, 0.15) is 16.1 Å². The fourth-order valence-corrected chi connectivity index (χ4v) is 4.06. The Morgan fingerprint density at radius 2 is 1.83 bits per heavy atom. The van der Waals surface area contributed by atoms with Crippen LogP contribution in [0.4, 0.5) is 11.4 Å². The van der Waals surface area contributed by atoms with E-state index in [0.29, 0.717) is 17.0 Å². The lowest BCUT2D eigenvalue weighted by atomic mass is 10.1. The predicted molar refractivity (Wildman–Crippen MR) is 114 cm³/mol. The van der Waals surface area contributed by atoms with Gasteiger partial charge in [-0.2, -0.15) is 0 Å². The summed E-state index contributed by atoms with van der Waals surface area (Å²) in [6, 6.07) is 17.7. The zero-order chi connectivity index (χ0) is 20.9. The van der Waals surface area contributed by atoms with Gasteiger partial charge in [-0.1, -0.05) is 24.3 Å². The van der Waals surface area contributed by atoms with E-state index < -0.39 is 0 Å². The van der Waals surface area contributed by atoms with Crippen LogP contribution >= 0.6 is 11.8 Å². The van der Waals surface area contributed by atoms with E-state index in [0.717, 1.165) is 10.6 Å². The van der Waals surface area contributed by atoms with Gasteiger partial charge >= 0.3 is 0 Å². The van der Waals surface area contributed by atoms with Crippen molar-refractivity contribution in [1.29, 1.82) is 0 Å². The number of rotatable bonds is 6. The Hall–Kier alpha value is -3.52. The van der Waals surface area contributed by atoms with Gasteiger partial charge in [0.1, 0.15) is 12.3 Å². The van der Waals surface area contributed by atoms with Gasteiger partial charge in [0.15, 0.2) is 0 Å². The maximum absolute atomic E-state index is 12.7. The molecule has 0 aliphatic carbocycles. The molecule has 0 fully saturated rings. The molecule has 7 nitrogen and oxygen atoms in total. The number of benzene rings is 2. The number of fused-ring (bicyclic) bond motifs is 1. The van der Waals surface area contributed by atoms with Crippen molar-refractivity contribution in [3.8, 4) is 0 Å². The number of thioether (sulfide) groups is 1. The predicted octanol–water partition coefficient (Wildman–Crippen LogP) is 3.29. The quantitative estimate of drug-likeness (QED) is 0.637. The number of nitrogens with one attached hydrogen (secondary N) is 2. The van der Waals surface area contributed by atoms with Crippen molar-refractivity contribution in [2.45, 2.75) is 11.4 Å². The Bertz CT molecular complexity index is 1080. The standard InChI is InChI=1S/C22H19N3O4S/c26-20(13-25-18-9-3-4-10-19(18)30-14-21(25)27)24-17-8-2-1-7-16(17)22(28)23-12-15-6-5-11-29-15/h1-11H,12-14H2,(H,23,28)(H,24,26). The summed E-state index contributed by atoms with van der Waals surface area (Å²) in [4.78, 5) is 40.1. The summed E-state index contributed by atoms with van der Waals surface area (Å²) < 4.78 is 5.21. The van der Waals surface area contributed by atoms with E-state index in [-0.39, 0.29) is 36.6 Å².